The first-order chi connectivity index (χ1) is 10.1. The minimum Gasteiger partial charge on any atom is -0.336 e. The number of carbonyl (C=O) groups excluding carboxylic acids is 1. The zero-order valence-corrected chi connectivity index (χ0v) is 15.7. The Hall–Kier alpha value is -0.850. The van der Waals surface area contributed by atoms with E-state index in [0.717, 1.165) is 30.1 Å². The van der Waals surface area contributed by atoms with Crippen molar-refractivity contribution >= 4 is 53.7 Å². The maximum atomic E-state index is 12.5. The summed E-state index contributed by atoms with van der Waals surface area (Å²) in [4.78, 5) is 18.7. The minimum atomic E-state index is -0.0137. The van der Waals surface area contributed by atoms with Gasteiger partial charge >= 0.3 is 0 Å². The highest BCUT2D eigenvalue weighted by molar-refractivity contribution is 7.13. The number of nitrogens with one attached hydrogen (secondary N) is 1. The SMILES string of the molecule is CN(C(=O)c1csc(-c2ccc(Cl)cc2)n1)C1CCNC1.Cl.Cl. The molecule has 8 heteroatoms. The van der Waals surface area contributed by atoms with Gasteiger partial charge in [0, 0.05) is 35.6 Å². The number of halogens is 3. The Morgan fingerprint density at radius 3 is 2.65 bits per heavy atom. The van der Waals surface area contributed by atoms with Gasteiger partial charge in [0.25, 0.3) is 5.91 Å². The van der Waals surface area contributed by atoms with Gasteiger partial charge in [0.15, 0.2) is 0 Å². The van der Waals surface area contributed by atoms with Gasteiger partial charge in [-0.25, -0.2) is 4.98 Å². The second kappa shape index (κ2) is 8.85. The maximum absolute atomic E-state index is 12.5. The average Bonchev–Trinajstić information content (AvgIpc) is 3.18. The van der Waals surface area contributed by atoms with Gasteiger partial charge in [-0.05, 0) is 25.1 Å². The normalized spacial score (nSPS) is 16.3. The van der Waals surface area contributed by atoms with Crippen LogP contribution in [0, 0.1) is 0 Å². The van der Waals surface area contributed by atoms with Crippen molar-refractivity contribution in [1.29, 1.82) is 0 Å². The van der Waals surface area contributed by atoms with Crippen LogP contribution in [0.4, 0.5) is 0 Å². The van der Waals surface area contributed by atoms with E-state index in [1.54, 1.807) is 4.90 Å². The maximum Gasteiger partial charge on any atom is 0.273 e. The number of thiazole rings is 1. The first-order valence-corrected chi connectivity index (χ1v) is 8.10. The van der Waals surface area contributed by atoms with Crippen LogP contribution in [0.3, 0.4) is 0 Å². The van der Waals surface area contributed by atoms with Crippen molar-refractivity contribution in [3.8, 4) is 10.6 Å². The topological polar surface area (TPSA) is 45.2 Å². The molecule has 1 unspecified atom stereocenters. The molecule has 2 aromatic rings. The number of benzene rings is 1. The fourth-order valence-corrected chi connectivity index (χ4v) is 3.34. The van der Waals surface area contributed by atoms with E-state index < -0.39 is 0 Å². The fraction of sp³-hybridized carbons (Fsp3) is 0.333. The fourth-order valence-electron chi connectivity index (χ4n) is 2.41. The van der Waals surface area contributed by atoms with Crippen molar-refractivity contribution in [1.82, 2.24) is 15.2 Å². The average molecular weight is 395 g/mol. The van der Waals surface area contributed by atoms with E-state index in [0.29, 0.717) is 10.7 Å². The molecule has 1 amide bonds. The van der Waals surface area contributed by atoms with E-state index in [9.17, 15) is 4.79 Å². The molecule has 1 fully saturated rings. The molecule has 0 aliphatic carbocycles. The standard InChI is InChI=1S/C15H16ClN3OS.2ClH/c1-19(12-6-7-17-8-12)15(20)13-9-21-14(18-13)10-2-4-11(16)5-3-10;;/h2-5,9,12,17H,6-8H2,1H3;2*1H. The van der Waals surface area contributed by atoms with Gasteiger partial charge in [0.05, 0.1) is 0 Å². The molecule has 1 N–H and O–H groups in total. The highest BCUT2D eigenvalue weighted by Crippen LogP contribution is 2.25. The molecular weight excluding hydrogens is 377 g/mol. The molecule has 0 spiro atoms. The number of amides is 1. The first kappa shape index (κ1) is 20.2. The number of nitrogens with zero attached hydrogens (tertiary/aromatic N) is 2. The van der Waals surface area contributed by atoms with Crippen LogP contribution in [0.25, 0.3) is 10.6 Å². The first-order valence-electron chi connectivity index (χ1n) is 6.84. The monoisotopic (exact) mass is 393 g/mol. The molecule has 126 valence electrons. The minimum absolute atomic E-state index is 0. The summed E-state index contributed by atoms with van der Waals surface area (Å²) >= 11 is 7.36. The third-order valence-corrected chi connectivity index (χ3v) is 4.86. The number of likely N-dealkylation sites (N-methyl/N-ethyl adjacent to an activating group) is 1. The summed E-state index contributed by atoms with van der Waals surface area (Å²) in [5.74, 6) is -0.0137. The van der Waals surface area contributed by atoms with Crippen LogP contribution in [-0.2, 0) is 0 Å². The van der Waals surface area contributed by atoms with Crippen LogP contribution < -0.4 is 5.32 Å². The lowest BCUT2D eigenvalue weighted by molar-refractivity contribution is 0.0739. The van der Waals surface area contributed by atoms with Crippen molar-refractivity contribution in [3.05, 3.63) is 40.4 Å². The molecule has 1 saturated heterocycles. The number of aromatic nitrogens is 1. The second-order valence-electron chi connectivity index (χ2n) is 5.11. The quantitative estimate of drug-likeness (QED) is 0.862. The zero-order valence-electron chi connectivity index (χ0n) is 12.5. The van der Waals surface area contributed by atoms with Crippen molar-refractivity contribution in [2.75, 3.05) is 20.1 Å². The molecule has 1 aliphatic rings. The van der Waals surface area contributed by atoms with E-state index in [-0.39, 0.29) is 36.8 Å². The van der Waals surface area contributed by atoms with E-state index in [2.05, 4.69) is 10.3 Å². The van der Waals surface area contributed by atoms with E-state index >= 15 is 0 Å². The Kier molecular flexibility index (Phi) is 7.77. The lowest BCUT2D eigenvalue weighted by Crippen LogP contribution is -2.38. The molecule has 0 saturated carbocycles. The van der Waals surface area contributed by atoms with E-state index in [1.807, 2.05) is 36.7 Å². The summed E-state index contributed by atoms with van der Waals surface area (Å²) < 4.78 is 0. The summed E-state index contributed by atoms with van der Waals surface area (Å²) in [7, 11) is 1.85. The third-order valence-electron chi connectivity index (χ3n) is 3.72. The number of hydrogen-bond acceptors (Lipinski definition) is 4. The highest BCUT2D eigenvalue weighted by atomic mass is 35.5. The number of rotatable bonds is 3. The smallest absolute Gasteiger partial charge is 0.273 e. The molecule has 1 aliphatic heterocycles. The Morgan fingerprint density at radius 2 is 2.04 bits per heavy atom. The Bertz CT molecular complexity index is 642. The lowest BCUT2D eigenvalue weighted by Gasteiger charge is -2.22. The molecular formula is C15H18Cl3N3OS. The Labute approximate surface area is 157 Å². The molecule has 0 radical (unpaired) electrons. The molecule has 1 aromatic heterocycles. The highest BCUT2D eigenvalue weighted by Gasteiger charge is 2.25. The van der Waals surface area contributed by atoms with Crippen molar-refractivity contribution in [2.24, 2.45) is 0 Å². The lowest BCUT2D eigenvalue weighted by atomic mass is 10.2. The molecule has 23 heavy (non-hydrogen) atoms. The van der Waals surface area contributed by atoms with Gasteiger partial charge in [0.2, 0.25) is 0 Å². The second-order valence-corrected chi connectivity index (χ2v) is 6.40. The predicted molar refractivity (Wildman–Crippen MR) is 100 cm³/mol. The number of carbonyl (C=O) groups is 1. The predicted octanol–water partition coefficient (Wildman–Crippen LogP) is 3.74. The van der Waals surface area contributed by atoms with Crippen molar-refractivity contribution in [3.63, 3.8) is 0 Å². The molecule has 4 nitrogen and oxygen atoms in total. The van der Waals surface area contributed by atoms with Crippen LogP contribution in [-0.4, -0.2) is 42.0 Å². The van der Waals surface area contributed by atoms with Gasteiger partial charge in [0.1, 0.15) is 10.7 Å². The summed E-state index contributed by atoms with van der Waals surface area (Å²) in [5.41, 5.74) is 1.49. The summed E-state index contributed by atoms with van der Waals surface area (Å²) in [5, 5.41) is 6.63. The van der Waals surface area contributed by atoms with Crippen LogP contribution in [0.1, 0.15) is 16.9 Å². The van der Waals surface area contributed by atoms with Gasteiger partial charge in [-0.2, -0.15) is 0 Å². The summed E-state index contributed by atoms with van der Waals surface area (Å²) in [6.07, 6.45) is 0.996. The molecule has 0 bridgehead atoms. The molecule has 3 rings (SSSR count). The van der Waals surface area contributed by atoms with Crippen LogP contribution in [0.15, 0.2) is 29.6 Å². The summed E-state index contributed by atoms with van der Waals surface area (Å²) in [6.45, 7) is 1.83. The van der Waals surface area contributed by atoms with Gasteiger partial charge in [-0.1, -0.05) is 23.7 Å². The Morgan fingerprint density at radius 1 is 1.35 bits per heavy atom. The molecule has 2 heterocycles. The third kappa shape index (κ3) is 4.58. The van der Waals surface area contributed by atoms with Crippen LogP contribution in [0.5, 0.6) is 0 Å². The van der Waals surface area contributed by atoms with Gasteiger partial charge in [-0.15, -0.1) is 36.2 Å². The van der Waals surface area contributed by atoms with Crippen LogP contribution in [0.2, 0.25) is 5.02 Å². The largest absolute Gasteiger partial charge is 0.336 e. The van der Waals surface area contributed by atoms with Gasteiger partial charge < -0.3 is 10.2 Å². The molecule has 1 aromatic carbocycles. The van der Waals surface area contributed by atoms with E-state index in [4.69, 9.17) is 11.6 Å². The Balaban J connectivity index is 0.00000132. The summed E-state index contributed by atoms with van der Waals surface area (Å²) in [6, 6.07) is 7.75. The van der Waals surface area contributed by atoms with Crippen molar-refractivity contribution < 1.29 is 4.79 Å². The van der Waals surface area contributed by atoms with E-state index in [1.165, 1.54) is 11.3 Å². The van der Waals surface area contributed by atoms with Crippen molar-refractivity contribution in [2.45, 2.75) is 12.5 Å². The zero-order chi connectivity index (χ0) is 14.8. The van der Waals surface area contributed by atoms with Crippen LogP contribution >= 0.6 is 47.8 Å². The number of hydrogen-bond donors (Lipinski definition) is 1. The molecule has 1 atom stereocenters. The van der Waals surface area contributed by atoms with Gasteiger partial charge in [-0.3, -0.25) is 4.79 Å².